The van der Waals surface area contributed by atoms with Gasteiger partial charge < -0.3 is 20.3 Å². The number of ether oxygens (including phenoxy) is 2. The molecule has 2 atom stereocenters. The summed E-state index contributed by atoms with van der Waals surface area (Å²) < 4.78 is 10.8. The van der Waals surface area contributed by atoms with Crippen molar-refractivity contribution in [1.29, 1.82) is 0 Å². The van der Waals surface area contributed by atoms with Crippen LogP contribution in [-0.4, -0.2) is 61.1 Å². The standard InChI is InChI=1S/C16H32N2O5S/c1-2-3-4-5-6-7-8-22-9-10-23-11-14(19)12-24-13-15(17)16(20)18-21/h14-15,19H,2-13,17H2,1H3. The minimum absolute atomic E-state index is 0.211. The Labute approximate surface area is 149 Å². The van der Waals surface area contributed by atoms with Crippen LogP contribution >= 0.6 is 11.8 Å². The third-order valence-electron chi connectivity index (χ3n) is 3.34. The van der Waals surface area contributed by atoms with E-state index in [1.807, 2.05) is 0 Å². The van der Waals surface area contributed by atoms with Crippen LogP contribution in [0.15, 0.2) is 5.18 Å². The Hall–Kier alpha value is -0.540. The fourth-order valence-electron chi connectivity index (χ4n) is 1.94. The number of nitrogens with zero attached hydrogens (tertiary/aromatic N) is 1. The van der Waals surface area contributed by atoms with Crippen LogP contribution in [-0.2, 0) is 14.3 Å². The zero-order valence-corrected chi connectivity index (χ0v) is 15.5. The van der Waals surface area contributed by atoms with Gasteiger partial charge in [-0.1, -0.05) is 39.0 Å². The molecule has 0 aliphatic heterocycles. The third-order valence-corrected chi connectivity index (χ3v) is 4.55. The molecule has 0 aliphatic carbocycles. The van der Waals surface area contributed by atoms with E-state index < -0.39 is 18.1 Å². The molecule has 0 rings (SSSR count). The van der Waals surface area contributed by atoms with Crippen molar-refractivity contribution in [3.8, 4) is 0 Å². The molecule has 142 valence electrons. The number of nitroso groups, excluding NO2 is 1. The van der Waals surface area contributed by atoms with Crippen LogP contribution in [0.1, 0.15) is 45.4 Å². The minimum Gasteiger partial charge on any atom is -0.390 e. The number of rotatable bonds is 17. The van der Waals surface area contributed by atoms with Gasteiger partial charge in [0.2, 0.25) is 0 Å². The number of aliphatic hydroxyl groups excluding tert-OH is 1. The summed E-state index contributed by atoms with van der Waals surface area (Å²) in [7, 11) is 0. The molecule has 0 spiro atoms. The van der Waals surface area contributed by atoms with E-state index >= 15 is 0 Å². The molecule has 0 aromatic heterocycles. The molecule has 0 saturated carbocycles. The first-order chi connectivity index (χ1) is 11.6. The molecule has 24 heavy (non-hydrogen) atoms. The van der Waals surface area contributed by atoms with Gasteiger partial charge in [0.25, 0.3) is 0 Å². The van der Waals surface area contributed by atoms with Crippen molar-refractivity contribution in [3.05, 3.63) is 4.91 Å². The van der Waals surface area contributed by atoms with Crippen LogP contribution in [0.25, 0.3) is 0 Å². The van der Waals surface area contributed by atoms with Gasteiger partial charge in [-0.25, -0.2) is 0 Å². The predicted octanol–water partition coefficient (Wildman–Crippen LogP) is 2.09. The van der Waals surface area contributed by atoms with E-state index in [9.17, 15) is 14.8 Å². The number of aliphatic hydroxyl groups is 1. The van der Waals surface area contributed by atoms with Gasteiger partial charge in [0, 0.05) is 23.3 Å². The molecule has 0 bridgehead atoms. The van der Waals surface area contributed by atoms with Crippen LogP contribution in [0, 0.1) is 4.91 Å². The first-order valence-electron chi connectivity index (χ1n) is 8.65. The number of carbonyl (C=O) groups excluding carboxylic acids is 1. The molecule has 0 saturated heterocycles. The zero-order chi connectivity index (χ0) is 18.0. The van der Waals surface area contributed by atoms with E-state index in [4.69, 9.17) is 15.2 Å². The van der Waals surface area contributed by atoms with Crippen LogP contribution in [0.2, 0.25) is 0 Å². The molecule has 8 heteroatoms. The van der Waals surface area contributed by atoms with Gasteiger partial charge in [0.15, 0.2) is 0 Å². The molecule has 0 aromatic carbocycles. The summed E-state index contributed by atoms with van der Waals surface area (Å²) in [6.07, 6.45) is 6.80. The van der Waals surface area contributed by atoms with E-state index in [1.54, 1.807) is 0 Å². The number of hydrogen-bond donors (Lipinski definition) is 2. The fourth-order valence-corrected chi connectivity index (χ4v) is 2.84. The minimum atomic E-state index is -0.906. The maximum atomic E-state index is 10.9. The number of carbonyl (C=O) groups is 1. The number of amides is 1. The summed E-state index contributed by atoms with van der Waals surface area (Å²) >= 11 is 1.29. The molecule has 0 aromatic rings. The normalized spacial score (nSPS) is 13.6. The second-order valence-corrected chi connectivity index (χ2v) is 6.76. The number of nitrogens with two attached hydrogens (primary N) is 1. The smallest absolute Gasteiger partial charge is 0.303 e. The highest BCUT2D eigenvalue weighted by atomic mass is 32.2. The summed E-state index contributed by atoms with van der Waals surface area (Å²) in [5, 5.41) is 12.0. The Kier molecular flexibility index (Phi) is 16.9. The molecule has 2 unspecified atom stereocenters. The molecule has 1 amide bonds. The highest BCUT2D eigenvalue weighted by Crippen LogP contribution is 2.06. The number of hydrogen-bond acceptors (Lipinski definition) is 7. The van der Waals surface area contributed by atoms with E-state index in [0.29, 0.717) is 19.0 Å². The van der Waals surface area contributed by atoms with Crippen molar-refractivity contribution in [2.45, 2.75) is 57.6 Å². The van der Waals surface area contributed by atoms with Crippen LogP contribution < -0.4 is 5.73 Å². The average molecular weight is 365 g/mol. The molecular formula is C16H32N2O5S. The summed E-state index contributed by atoms with van der Waals surface area (Å²) in [4.78, 5) is 20.9. The van der Waals surface area contributed by atoms with Crippen LogP contribution in [0.3, 0.4) is 0 Å². The van der Waals surface area contributed by atoms with Crippen LogP contribution in [0.4, 0.5) is 0 Å². The maximum absolute atomic E-state index is 10.9. The van der Waals surface area contributed by atoms with E-state index in [-0.39, 0.29) is 12.4 Å². The van der Waals surface area contributed by atoms with E-state index in [0.717, 1.165) is 13.0 Å². The Morgan fingerprint density at radius 1 is 1.08 bits per heavy atom. The van der Waals surface area contributed by atoms with Gasteiger partial charge >= 0.3 is 5.91 Å². The first-order valence-corrected chi connectivity index (χ1v) is 9.81. The van der Waals surface area contributed by atoms with Gasteiger partial charge in [-0.05, 0) is 6.42 Å². The number of thioether (sulfide) groups is 1. The van der Waals surface area contributed by atoms with E-state index in [1.165, 1.54) is 43.9 Å². The first kappa shape index (κ1) is 23.5. The predicted molar refractivity (Wildman–Crippen MR) is 97.1 cm³/mol. The van der Waals surface area contributed by atoms with Crippen molar-refractivity contribution >= 4 is 17.7 Å². The summed E-state index contributed by atoms with van der Waals surface area (Å²) in [6, 6.07) is -0.906. The topological polar surface area (TPSA) is 111 Å². The van der Waals surface area contributed by atoms with Crippen molar-refractivity contribution in [2.75, 3.05) is 37.9 Å². The highest BCUT2D eigenvalue weighted by Gasteiger charge is 2.14. The second-order valence-electron chi connectivity index (χ2n) is 5.68. The molecule has 0 fully saturated rings. The van der Waals surface area contributed by atoms with Gasteiger partial charge in [-0.3, -0.25) is 4.79 Å². The largest absolute Gasteiger partial charge is 0.390 e. The van der Waals surface area contributed by atoms with Crippen LogP contribution in [0.5, 0.6) is 0 Å². The lowest BCUT2D eigenvalue weighted by Gasteiger charge is -2.12. The van der Waals surface area contributed by atoms with Gasteiger partial charge in [0.05, 0.1) is 32.0 Å². The van der Waals surface area contributed by atoms with E-state index in [2.05, 4.69) is 12.1 Å². The Morgan fingerprint density at radius 2 is 1.75 bits per heavy atom. The lowest BCUT2D eigenvalue weighted by atomic mass is 10.1. The Bertz CT molecular complexity index is 321. The van der Waals surface area contributed by atoms with Crippen molar-refractivity contribution in [1.82, 2.24) is 0 Å². The SMILES string of the molecule is CCCCCCCCOCCOCC(O)CSCC(N)C(=O)N=O. The molecule has 0 heterocycles. The highest BCUT2D eigenvalue weighted by molar-refractivity contribution is 7.99. The average Bonchev–Trinajstić information content (AvgIpc) is 2.58. The maximum Gasteiger partial charge on any atom is 0.303 e. The Balaban J connectivity index is 3.30. The van der Waals surface area contributed by atoms with Crippen molar-refractivity contribution in [2.24, 2.45) is 10.9 Å². The lowest BCUT2D eigenvalue weighted by Crippen LogP contribution is -2.32. The quantitative estimate of drug-likeness (QED) is 0.300. The molecular weight excluding hydrogens is 332 g/mol. The molecule has 0 aliphatic rings. The number of unbranched alkanes of at least 4 members (excludes halogenated alkanes) is 5. The zero-order valence-electron chi connectivity index (χ0n) is 14.7. The molecule has 0 radical (unpaired) electrons. The second kappa shape index (κ2) is 17.3. The molecule has 7 nitrogen and oxygen atoms in total. The monoisotopic (exact) mass is 364 g/mol. The van der Waals surface area contributed by atoms with Crippen molar-refractivity contribution in [3.63, 3.8) is 0 Å². The lowest BCUT2D eigenvalue weighted by molar-refractivity contribution is -0.118. The van der Waals surface area contributed by atoms with Gasteiger partial charge in [0.1, 0.15) is 0 Å². The summed E-state index contributed by atoms with van der Waals surface area (Å²) in [6.45, 7) is 4.15. The summed E-state index contributed by atoms with van der Waals surface area (Å²) in [5.74, 6) is -0.225. The Morgan fingerprint density at radius 3 is 2.46 bits per heavy atom. The van der Waals surface area contributed by atoms with Gasteiger partial charge in [-0.2, -0.15) is 11.8 Å². The fraction of sp³-hybridized carbons (Fsp3) is 0.938. The van der Waals surface area contributed by atoms with Gasteiger partial charge in [-0.15, -0.1) is 4.91 Å². The summed E-state index contributed by atoms with van der Waals surface area (Å²) in [5.41, 5.74) is 5.43. The van der Waals surface area contributed by atoms with Crippen molar-refractivity contribution < 1.29 is 19.4 Å². The third kappa shape index (κ3) is 15.0. The molecule has 3 N–H and O–H groups in total.